The second-order valence-electron chi connectivity index (χ2n) is 7.72. The molecular weight excluding hydrogens is 487 g/mol. The molecule has 178 valence electrons. The maximum atomic E-state index is 12.7. The van der Waals surface area contributed by atoms with Crippen molar-refractivity contribution in [2.45, 2.75) is 6.54 Å². The maximum Gasteiger partial charge on any atom is 0.257 e. The van der Waals surface area contributed by atoms with Crippen LogP contribution in [0, 0.1) is 0 Å². The van der Waals surface area contributed by atoms with Crippen LogP contribution in [0.25, 0.3) is 0 Å². The van der Waals surface area contributed by atoms with Crippen LogP contribution in [0.4, 0.5) is 0 Å². The Morgan fingerprint density at radius 2 is 1.70 bits per heavy atom. The minimum atomic E-state index is -0.292. The van der Waals surface area contributed by atoms with Crippen molar-refractivity contribution < 1.29 is 14.3 Å². The summed E-state index contributed by atoms with van der Waals surface area (Å²) in [6.07, 6.45) is 0. The summed E-state index contributed by atoms with van der Waals surface area (Å²) in [7, 11) is 1.52. The van der Waals surface area contributed by atoms with Crippen molar-refractivity contribution >= 4 is 46.6 Å². The summed E-state index contributed by atoms with van der Waals surface area (Å²) in [5.41, 5.74) is 1.48. The van der Waals surface area contributed by atoms with Gasteiger partial charge in [-0.15, -0.1) is 0 Å². The number of hydrogen-bond donors (Lipinski definition) is 2. The normalized spacial score (nSPS) is 14.7. The summed E-state index contributed by atoms with van der Waals surface area (Å²) in [6.45, 7) is 5.58. The highest BCUT2D eigenvalue weighted by Gasteiger charge is 2.18. The number of amides is 2. The van der Waals surface area contributed by atoms with E-state index in [9.17, 15) is 9.59 Å². The Hall–Kier alpha value is -2.03. The Balaban J connectivity index is 1.43. The van der Waals surface area contributed by atoms with Crippen LogP contribution in [-0.4, -0.2) is 74.5 Å². The highest BCUT2D eigenvalue weighted by atomic mass is 35.5. The molecule has 1 fully saturated rings. The summed E-state index contributed by atoms with van der Waals surface area (Å²) < 4.78 is 5.47. The lowest BCUT2D eigenvalue weighted by Crippen LogP contribution is -2.48. The molecule has 2 aromatic carbocycles. The van der Waals surface area contributed by atoms with Crippen LogP contribution in [-0.2, 0) is 11.3 Å². The minimum absolute atomic E-state index is 0.191. The minimum Gasteiger partial charge on any atom is -0.483 e. The Labute approximate surface area is 208 Å². The van der Waals surface area contributed by atoms with Gasteiger partial charge < -0.3 is 15.4 Å². The first-order valence-electron chi connectivity index (χ1n) is 10.7. The van der Waals surface area contributed by atoms with Gasteiger partial charge in [-0.05, 0) is 35.9 Å². The van der Waals surface area contributed by atoms with Gasteiger partial charge in [-0.2, -0.15) is 0 Å². The van der Waals surface area contributed by atoms with Gasteiger partial charge in [0.25, 0.3) is 11.8 Å². The number of ether oxygens (including phenoxy) is 1. The number of hydrogen-bond acceptors (Lipinski definition) is 5. The molecule has 0 radical (unpaired) electrons. The van der Waals surface area contributed by atoms with Crippen molar-refractivity contribution in [3.8, 4) is 5.75 Å². The molecule has 0 bridgehead atoms. The second kappa shape index (κ2) is 12.4. The molecule has 0 spiro atoms. The standard InChI is InChI=1S/C23H27Cl3N4O3/c1-27-22(31)15-33-21-13-17(24)3-4-18(21)23(32)28-6-7-29-8-10-30(11-9-29)14-16-2-5-19(25)20(26)12-16/h2-5,12-13H,6-11,14-15H2,1H3,(H,27,31)(H,28,32). The molecule has 1 heterocycles. The van der Waals surface area contributed by atoms with Crippen LogP contribution < -0.4 is 15.4 Å². The van der Waals surface area contributed by atoms with E-state index in [0.717, 1.165) is 44.8 Å². The molecule has 0 aliphatic carbocycles. The van der Waals surface area contributed by atoms with Crippen molar-refractivity contribution in [2.75, 3.05) is 52.9 Å². The van der Waals surface area contributed by atoms with E-state index in [-0.39, 0.29) is 24.2 Å². The fourth-order valence-electron chi connectivity index (χ4n) is 3.51. The zero-order valence-corrected chi connectivity index (χ0v) is 20.6. The Bertz CT molecular complexity index is 981. The lowest BCUT2D eigenvalue weighted by atomic mass is 10.2. The third-order valence-corrected chi connectivity index (χ3v) is 6.37. The van der Waals surface area contributed by atoms with Crippen molar-refractivity contribution in [1.82, 2.24) is 20.4 Å². The van der Waals surface area contributed by atoms with E-state index in [1.165, 1.54) is 13.1 Å². The molecule has 0 aromatic heterocycles. The van der Waals surface area contributed by atoms with E-state index in [1.54, 1.807) is 12.1 Å². The molecule has 7 nitrogen and oxygen atoms in total. The predicted octanol–water partition coefficient (Wildman–Crippen LogP) is 3.32. The highest BCUT2D eigenvalue weighted by Crippen LogP contribution is 2.24. The Morgan fingerprint density at radius 1 is 0.970 bits per heavy atom. The van der Waals surface area contributed by atoms with Crippen LogP contribution in [0.2, 0.25) is 15.1 Å². The SMILES string of the molecule is CNC(=O)COc1cc(Cl)ccc1C(=O)NCCN1CCN(Cc2ccc(Cl)c(Cl)c2)CC1. The van der Waals surface area contributed by atoms with Gasteiger partial charge in [0.05, 0.1) is 15.6 Å². The van der Waals surface area contributed by atoms with Gasteiger partial charge in [0.2, 0.25) is 0 Å². The molecule has 3 rings (SSSR count). The van der Waals surface area contributed by atoms with Crippen molar-refractivity contribution in [3.63, 3.8) is 0 Å². The molecule has 0 atom stereocenters. The first kappa shape index (κ1) is 25.6. The monoisotopic (exact) mass is 512 g/mol. The number of likely N-dealkylation sites (N-methyl/N-ethyl adjacent to an activating group) is 1. The van der Waals surface area contributed by atoms with Crippen LogP contribution in [0.5, 0.6) is 5.75 Å². The second-order valence-corrected chi connectivity index (χ2v) is 8.98. The molecule has 2 aromatic rings. The maximum absolute atomic E-state index is 12.7. The molecular formula is C23H27Cl3N4O3. The number of carbonyl (C=O) groups excluding carboxylic acids is 2. The Morgan fingerprint density at radius 3 is 2.39 bits per heavy atom. The molecule has 10 heteroatoms. The van der Waals surface area contributed by atoms with Crippen LogP contribution in [0.15, 0.2) is 36.4 Å². The first-order valence-corrected chi connectivity index (χ1v) is 11.8. The molecule has 1 saturated heterocycles. The number of carbonyl (C=O) groups is 2. The van der Waals surface area contributed by atoms with Gasteiger partial charge in [0.15, 0.2) is 6.61 Å². The smallest absolute Gasteiger partial charge is 0.257 e. The first-order chi connectivity index (χ1) is 15.9. The fraction of sp³-hybridized carbons (Fsp3) is 0.391. The van der Waals surface area contributed by atoms with Crippen molar-refractivity contribution in [2.24, 2.45) is 0 Å². The Kier molecular flexibility index (Phi) is 9.64. The van der Waals surface area contributed by atoms with Crippen LogP contribution in [0.1, 0.15) is 15.9 Å². The summed E-state index contributed by atoms with van der Waals surface area (Å²) in [6, 6.07) is 10.5. The topological polar surface area (TPSA) is 73.9 Å². The third kappa shape index (κ3) is 7.76. The number of piperazine rings is 1. The van der Waals surface area contributed by atoms with E-state index >= 15 is 0 Å². The van der Waals surface area contributed by atoms with E-state index in [2.05, 4.69) is 20.4 Å². The molecule has 0 unspecified atom stereocenters. The lowest BCUT2D eigenvalue weighted by molar-refractivity contribution is -0.122. The molecule has 2 N–H and O–H groups in total. The van der Waals surface area contributed by atoms with Gasteiger partial charge in [-0.3, -0.25) is 19.4 Å². The highest BCUT2D eigenvalue weighted by molar-refractivity contribution is 6.42. The van der Waals surface area contributed by atoms with E-state index in [0.29, 0.717) is 27.2 Å². The largest absolute Gasteiger partial charge is 0.483 e. The molecule has 2 amide bonds. The van der Waals surface area contributed by atoms with E-state index < -0.39 is 0 Å². The average Bonchev–Trinajstić information content (AvgIpc) is 2.81. The van der Waals surface area contributed by atoms with E-state index in [1.807, 2.05) is 18.2 Å². The number of nitrogens with one attached hydrogen (secondary N) is 2. The van der Waals surface area contributed by atoms with E-state index in [4.69, 9.17) is 39.5 Å². The number of benzene rings is 2. The average molecular weight is 514 g/mol. The quantitative estimate of drug-likeness (QED) is 0.538. The molecule has 1 aliphatic heterocycles. The van der Waals surface area contributed by atoms with Gasteiger partial charge in [0.1, 0.15) is 5.75 Å². The fourth-order valence-corrected chi connectivity index (χ4v) is 3.99. The van der Waals surface area contributed by atoms with Crippen molar-refractivity contribution in [1.29, 1.82) is 0 Å². The molecule has 1 aliphatic rings. The van der Waals surface area contributed by atoms with Crippen LogP contribution >= 0.6 is 34.8 Å². The predicted molar refractivity (Wildman–Crippen MR) is 132 cm³/mol. The van der Waals surface area contributed by atoms with Crippen LogP contribution in [0.3, 0.4) is 0 Å². The van der Waals surface area contributed by atoms with Gasteiger partial charge in [-0.1, -0.05) is 40.9 Å². The van der Waals surface area contributed by atoms with Gasteiger partial charge in [0, 0.05) is 57.9 Å². The number of halogens is 3. The summed E-state index contributed by atoms with van der Waals surface area (Å²) in [4.78, 5) is 28.8. The third-order valence-electron chi connectivity index (χ3n) is 5.39. The zero-order chi connectivity index (χ0) is 23.8. The molecule has 33 heavy (non-hydrogen) atoms. The molecule has 0 saturated carbocycles. The van der Waals surface area contributed by atoms with Gasteiger partial charge >= 0.3 is 0 Å². The lowest BCUT2D eigenvalue weighted by Gasteiger charge is -2.34. The number of nitrogens with zero attached hydrogens (tertiary/aromatic N) is 2. The summed E-state index contributed by atoms with van der Waals surface area (Å²) in [5.74, 6) is -0.282. The van der Waals surface area contributed by atoms with Crippen molar-refractivity contribution in [3.05, 3.63) is 62.6 Å². The zero-order valence-electron chi connectivity index (χ0n) is 18.4. The summed E-state index contributed by atoms with van der Waals surface area (Å²) in [5, 5.41) is 6.97. The number of rotatable bonds is 9. The summed E-state index contributed by atoms with van der Waals surface area (Å²) >= 11 is 18.1. The van der Waals surface area contributed by atoms with Gasteiger partial charge in [-0.25, -0.2) is 0 Å².